The van der Waals surface area contributed by atoms with E-state index in [0.717, 1.165) is 11.1 Å². The summed E-state index contributed by atoms with van der Waals surface area (Å²) in [5.74, 6) is -1.53. The highest BCUT2D eigenvalue weighted by Crippen LogP contribution is 2.39. The molecule has 0 bridgehead atoms. The summed E-state index contributed by atoms with van der Waals surface area (Å²) < 4.78 is 10.2. The van der Waals surface area contributed by atoms with Crippen LogP contribution in [0.4, 0.5) is 0 Å². The smallest absolute Gasteiger partial charge is 0.290 e. The number of hydrogen-bond acceptors (Lipinski definition) is 5. The van der Waals surface area contributed by atoms with Gasteiger partial charge < -0.3 is 19.2 Å². The van der Waals surface area contributed by atoms with Crippen LogP contribution in [0.3, 0.4) is 0 Å². The number of aliphatic hydroxyl groups excluding tert-OH is 1. The number of furan rings is 1. The third-order valence-electron chi connectivity index (χ3n) is 4.31. The van der Waals surface area contributed by atoms with Crippen molar-refractivity contribution in [3.8, 4) is 0 Å². The van der Waals surface area contributed by atoms with Gasteiger partial charge in [0.2, 0.25) is 5.78 Å². The molecule has 1 aromatic carbocycles. The Morgan fingerprint density at radius 1 is 1.28 bits per heavy atom. The van der Waals surface area contributed by atoms with Crippen LogP contribution in [0.5, 0.6) is 0 Å². The van der Waals surface area contributed by atoms with Crippen LogP contribution < -0.4 is 0 Å². The molecule has 2 heterocycles. The molecular weight excluding hydrogens is 322 g/mol. The summed E-state index contributed by atoms with van der Waals surface area (Å²) in [4.78, 5) is 26.9. The van der Waals surface area contributed by atoms with Gasteiger partial charge in [-0.2, -0.15) is 0 Å². The Labute approximate surface area is 145 Å². The molecule has 6 heteroatoms. The van der Waals surface area contributed by atoms with Gasteiger partial charge >= 0.3 is 0 Å². The molecule has 1 N–H and O–H groups in total. The molecule has 3 rings (SSSR count). The van der Waals surface area contributed by atoms with Crippen molar-refractivity contribution in [1.29, 1.82) is 0 Å². The van der Waals surface area contributed by atoms with E-state index in [-0.39, 0.29) is 17.9 Å². The second-order valence-corrected chi connectivity index (χ2v) is 5.82. The summed E-state index contributed by atoms with van der Waals surface area (Å²) in [5.41, 5.74) is 1.73. The molecule has 2 aromatic rings. The number of aryl methyl sites for hydroxylation is 1. The number of rotatable bonds is 6. The van der Waals surface area contributed by atoms with Crippen molar-refractivity contribution in [3.05, 3.63) is 70.9 Å². The van der Waals surface area contributed by atoms with Gasteiger partial charge in [-0.1, -0.05) is 24.3 Å². The number of nitrogens with zero attached hydrogens (tertiary/aromatic N) is 1. The van der Waals surface area contributed by atoms with Crippen LogP contribution in [-0.4, -0.2) is 42.0 Å². The molecule has 130 valence electrons. The Morgan fingerprint density at radius 3 is 2.68 bits per heavy atom. The largest absolute Gasteiger partial charge is 0.503 e. The lowest BCUT2D eigenvalue weighted by molar-refractivity contribution is -0.130. The van der Waals surface area contributed by atoms with Gasteiger partial charge in [0.15, 0.2) is 11.5 Å². The molecule has 25 heavy (non-hydrogen) atoms. The van der Waals surface area contributed by atoms with Crippen LogP contribution in [-0.2, 0) is 9.53 Å². The van der Waals surface area contributed by atoms with Crippen molar-refractivity contribution in [1.82, 2.24) is 4.90 Å². The van der Waals surface area contributed by atoms with Gasteiger partial charge in [-0.15, -0.1) is 0 Å². The van der Waals surface area contributed by atoms with E-state index in [0.29, 0.717) is 6.61 Å². The van der Waals surface area contributed by atoms with E-state index < -0.39 is 23.5 Å². The van der Waals surface area contributed by atoms with E-state index >= 15 is 0 Å². The van der Waals surface area contributed by atoms with Gasteiger partial charge in [0.05, 0.1) is 24.5 Å². The Morgan fingerprint density at radius 2 is 2.04 bits per heavy atom. The molecule has 0 radical (unpaired) electrons. The van der Waals surface area contributed by atoms with Crippen molar-refractivity contribution in [2.24, 2.45) is 0 Å². The molecule has 0 spiro atoms. The third kappa shape index (κ3) is 2.96. The normalized spacial score (nSPS) is 17.4. The number of Topliss-reactive ketones (excluding diaryl/α,β-unsaturated/α-hetero) is 1. The molecule has 0 aliphatic carbocycles. The minimum atomic E-state index is -0.679. The van der Waals surface area contributed by atoms with Crippen molar-refractivity contribution < 1.29 is 23.8 Å². The Hall–Kier alpha value is -2.86. The number of amides is 1. The highest BCUT2D eigenvalue weighted by atomic mass is 16.5. The van der Waals surface area contributed by atoms with Crippen molar-refractivity contribution in [2.45, 2.75) is 13.0 Å². The molecular formula is C19H19NO5. The molecule has 1 unspecified atom stereocenters. The SMILES string of the molecule is COCCN1C(=O)C(O)=C(C(=O)c2ccco2)C1c1ccccc1C. The van der Waals surface area contributed by atoms with Crippen molar-refractivity contribution in [3.63, 3.8) is 0 Å². The highest BCUT2D eigenvalue weighted by Gasteiger charge is 2.44. The third-order valence-corrected chi connectivity index (χ3v) is 4.31. The zero-order valence-corrected chi connectivity index (χ0v) is 14.1. The van der Waals surface area contributed by atoms with Crippen LogP contribution in [0.25, 0.3) is 0 Å². The van der Waals surface area contributed by atoms with Gasteiger partial charge in [-0.25, -0.2) is 0 Å². The molecule has 1 aliphatic rings. The van der Waals surface area contributed by atoms with Gasteiger partial charge in [-0.05, 0) is 30.2 Å². The topological polar surface area (TPSA) is 80.0 Å². The maximum Gasteiger partial charge on any atom is 0.290 e. The van der Waals surface area contributed by atoms with Crippen LogP contribution in [0.1, 0.15) is 27.7 Å². The first-order valence-corrected chi connectivity index (χ1v) is 7.93. The first kappa shape index (κ1) is 17.0. The number of aliphatic hydroxyl groups is 1. The number of methoxy groups -OCH3 is 1. The molecule has 1 atom stereocenters. The number of hydrogen-bond donors (Lipinski definition) is 1. The average Bonchev–Trinajstić information content (AvgIpc) is 3.22. The van der Waals surface area contributed by atoms with Crippen LogP contribution in [0, 0.1) is 6.92 Å². The number of ether oxygens (including phenoxy) is 1. The highest BCUT2D eigenvalue weighted by molar-refractivity contribution is 6.15. The van der Waals surface area contributed by atoms with E-state index in [1.165, 1.54) is 24.3 Å². The van der Waals surface area contributed by atoms with E-state index in [9.17, 15) is 14.7 Å². The molecule has 6 nitrogen and oxygen atoms in total. The Bertz CT molecular complexity index is 822. The summed E-state index contributed by atoms with van der Waals surface area (Å²) in [6.45, 7) is 2.45. The summed E-state index contributed by atoms with van der Waals surface area (Å²) in [6.07, 6.45) is 1.38. The van der Waals surface area contributed by atoms with Gasteiger partial charge in [0, 0.05) is 13.7 Å². The quantitative estimate of drug-likeness (QED) is 0.817. The minimum Gasteiger partial charge on any atom is -0.503 e. The number of carbonyl (C=O) groups is 2. The van der Waals surface area contributed by atoms with Gasteiger partial charge in [0.1, 0.15) is 0 Å². The summed E-state index contributed by atoms with van der Waals surface area (Å²) in [7, 11) is 1.53. The number of benzene rings is 1. The van der Waals surface area contributed by atoms with Crippen molar-refractivity contribution in [2.75, 3.05) is 20.3 Å². The maximum absolute atomic E-state index is 12.9. The lowest BCUT2D eigenvalue weighted by Crippen LogP contribution is -2.34. The van der Waals surface area contributed by atoms with Gasteiger partial charge in [0.25, 0.3) is 5.91 Å². The first-order valence-electron chi connectivity index (χ1n) is 7.93. The van der Waals surface area contributed by atoms with Gasteiger partial charge in [-0.3, -0.25) is 9.59 Å². The van der Waals surface area contributed by atoms with Crippen LogP contribution in [0.2, 0.25) is 0 Å². The standard InChI is InChI=1S/C19H19NO5/c1-12-6-3-4-7-13(12)16-15(17(21)14-8-5-10-25-14)18(22)19(23)20(16)9-11-24-2/h3-8,10,16,22H,9,11H2,1-2H3. The lowest BCUT2D eigenvalue weighted by atomic mass is 9.92. The van der Waals surface area contributed by atoms with E-state index in [4.69, 9.17) is 9.15 Å². The predicted molar refractivity (Wildman–Crippen MR) is 90.2 cm³/mol. The molecule has 0 saturated carbocycles. The zero-order chi connectivity index (χ0) is 18.0. The number of carbonyl (C=O) groups excluding carboxylic acids is 2. The monoisotopic (exact) mass is 341 g/mol. The van der Waals surface area contributed by atoms with Crippen molar-refractivity contribution >= 4 is 11.7 Å². The summed E-state index contributed by atoms with van der Waals surface area (Å²) in [6, 6.07) is 9.90. The second-order valence-electron chi connectivity index (χ2n) is 5.82. The fourth-order valence-corrected chi connectivity index (χ4v) is 3.06. The Balaban J connectivity index is 2.10. The van der Waals surface area contributed by atoms with E-state index in [2.05, 4.69) is 0 Å². The Kier molecular flexibility index (Phi) is 4.72. The van der Waals surface area contributed by atoms with Crippen LogP contribution in [0.15, 0.2) is 58.4 Å². The van der Waals surface area contributed by atoms with Crippen LogP contribution >= 0.6 is 0 Å². The molecule has 1 amide bonds. The maximum atomic E-state index is 12.9. The molecule has 1 aromatic heterocycles. The summed E-state index contributed by atoms with van der Waals surface area (Å²) in [5, 5.41) is 10.4. The minimum absolute atomic E-state index is 0.0327. The zero-order valence-electron chi connectivity index (χ0n) is 14.1. The predicted octanol–water partition coefficient (Wildman–Crippen LogP) is 2.81. The first-order chi connectivity index (χ1) is 12.1. The fraction of sp³-hybridized carbons (Fsp3) is 0.263. The fourth-order valence-electron chi connectivity index (χ4n) is 3.06. The average molecular weight is 341 g/mol. The number of ketones is 1. The molecule has 1 aliphatic heterocycles. The summed E-state index contributed by atoms with van der Waals surface area (Å²) >= 11 is 0. The lowest BCUT2D eigenvalue weighted by Gasteiger charge is -2.27. The molecule has 0 saturated heterocycles. The van der Waals surface area contributed by atoms with E-state index in [1.807, 2.05) is 31.2 Å². The molecule has 0 fully saturated rings. The second kappa shape index (κ2) is 6.94. The van der Waals surface area contributed by atoms with E-state index in [1.54, 1.807) is 6.07 Å².